The van der Waals surface area contributed by atoms with Crippen LogP contribution in [0.25, 0.3) is 0 Å². The molecule has 0 N–H and O–H groups in total. The number of nitrogens with zero attached hydrogens (tertiary/aromatic N) is 4. The zero-order chi connectivity index (χ0) is 13.7. The standard InChI is InChI=1S/C12H14N4O2S/c1-3-18-12(17)9-6-15-16(2)10(9)7-19-11-4-5-13-8-14-11/h4-6,8H,3,7H2,1-2H3. The molecule has 0 radical (unpaired) electrons. The second-order valence-electron chi connectivity index (χ2n) is 3.69. The number of thioether (sulfide) groups is 1. The second kappa shape index (κ2) is 6.33. The average molecular weight is 278 g/mol. The van der Waals surface area contributed by atoms with E-state index in [1.165, 1.54) is 24.3 Å². The number of hydrogen-bond donors (Lipinski definition) is 0. The molecule has 7 heteroatoms. The molecular weight excluding hydrogens is 264 g/mol. The molecule has 2 aromatic rings. The minimum absolute atomic E-state index is 0.339. The Balaban J connectivity index is 2.11. The number of ether oxygens (including phenoxy) is 1. The molecular formula is C12H14N4O2S. The maximum atomic E-state index is 11.8. The number of carbonyl (C=O) groups excluding carboxylic acids is 1. The smallest absolute Gasteiger partial charge is 0.341 e. The van der Waals surface area contributed by atoms with E-state index >= 15 is 0 Å². The summed E-state index contributed by atoms with van der Waals surface area (Å²) in [7, 11) is 1.80. The molecule has 2 rings (SSSR count). The Bertz CT molecular complexity index is 556. The molecule has 0 saturated heterocycles. The van der Waals surface area contributed by atoms with Gasteiger partial charge in [-0.25, -0.2) is 14.8 Å². The van der Waals surface area contributed by atoms with Crippen molar-refractivity contribution in [2.75, 3.05) is 6.61 Å². The van der Waals surface area contributed by atoms with Crippen LogP contribution in [0, 0.1) is 0 Å². The van der Waals surface area contributed by atoms with Crippen molar-refractivity contribution in [2.45, 2.75) is 17.7 Å². The number of aryl methyl sites for hydroxylation is 1. The fourth-order valence-corrected chi connectivity index (χ4v) is 2.43. The normalized spacial score (nSPS) is 10.4. The van der Waals surface area contributed by atoms with Crippen LogP contribution in [0.15, 0.2) is 29.8 Å². The Kier molecular flexibility index (Phi) is 4.51. The molecule has 0 aliphatic carbocycles. The highest BCUT2D eigenvalue weighted by molar-refractivity contribution is 7.98. The van der Waals surface area contributed by atoms with Crippen LogP contribution in [-0.4, -0.2) is 32.3 Å². The number of rotatable bonds is 5. The van der Waals surface area contributed by atoms with E-state index in [1.807, 2.05) is 6.07 Å². The molecule has 0 aromatic carbocycles. The van der Waals surface area contributed by atoms with E-state index in [2.05, 4.69) is 15.1 Å². The first kappa shape index (κ1) is 13.5. The summed E-state index contributed by atoms with van der Waals surface area (Å²) >= 11 is 1.52. The lowest BCUT2D eigenvalue weighted by molar-refractivity contribution is 0.0525. The van der Waals surface area contributed by atoms with E-state index in [1.54, 1.807) is 24.9 Å². The van der Waals surface area contributed by atoms with Crippen molar-refractivity contribution in [1.29, 1.82) is 0 Å². The largest absolute Gasteiger partial charge is 0.462 e. The first-order valence-electron chi connectivity index (χ1n) is 5.79. The van der Waals surface area contributed by atoms with Crippen LogP contribution < -0.4 is 0 Å². The summed E-state index contributed by atoms with van der Waals surface area (Å²) in [6.07, 6.45) is 4.72. The predicted molar refractivity (Wildman–Crippen MR) is 70.8 cm³/mol. The van der Waals surface area contributed by atoms with E-state index in [9.17, 15) is 4.79 Å². The summed E-state index contributed by atoms with van der Waals surface area (Å²) in [6.45, 7) is 2.13. The summed E-state index contributed by atoms with van der Waals surface area (Å²) in [4.78, 5) is 19.8. The topological polar surface area (TPSA) is 69.9 Å². The molecule has 0 bridgehead atoms. The number of hydrogen-bond acceptors (Lipinski definition) is 6. The minimum atomic E-state index is -0.339. The highest BCUT2D eigenvalue weighted by atomic mass is 32.2. The summed E-state index contributed by atoms with van der Waals surface area (Å²) < 4.78 is 6.69. The zero-order valence-corrected chi connectivity index (χ0v) is 11.6. The van der Waals surface area contributed by atoms with E-state index in [-0.39, 0.29) is 5.97 Å². The van der Waals surface area contributed by atoms with Gasteiger partial charge in [-0.3, -0.25) is 4.68 Å². The highest BCUT2D eigenvalue weighted by Crippen LogP contribution is 2.22. The van der Waals surface area contributed by atoms with E-state index in [0.717, 1.165) is 10.7 Å². The minimum Gasteiger partial charge on any atom is -0.462 e. The summed E-state index contributed by atoms with van der Waals surface area (Å²) in [5.41, 5.74) is 1.33. The molecule has 6 nitrogen and oxygen atoms in total. The molecule has 2 aromatic heterocycles. The molecule has 0 atom stereocenters. The van der Waals surface area contributed by atoms with Crippen LogP contribution in [0.2, 0.25) is 0 Å². The van der Waals surface area contributed by atoms with Gasteiger partial charge in [0.1, 0.15) is 11.9 Å². The SMILES string of the molecule is CCOC(=O)c1cnn(C)c1CSc1ccncn1. The quantitative estimate of drug-likeness (QED) is 0.471. The van der Waals surface area contributed by atoms with Gasteiger partial charge in [0.15, 0.2) is 0 Å². The monoisotopic (exact) mass is 278 g/mol. The third-order valence-corrected chi connectivity index (χ3v) is 3.42. The van der Waals surface area contributed by atoms with Gasteiger partial charge in [-0.2, -0.15) is 5.10 Å². The van der Waals surface area contributed by atoms with Gasteiger partial charge in [0.25, 0.3) is 0 Å². The van der Waals surface area contributed by atoms with Crippen LogP contribution in [0.3, 0.4) is 0 Å². The van der Waals surface area contributed by atoms with E-state index in [0.29, 0.717) is 17.9 Å². The molecule has 100 valence electrons. The Hall–Kier alpha value is -1.89. The number of esters is 1. The first-order valence-corrected chi connectivity index (χ1v) is 6.77. The molecule has 0 fully saturated rings. The molecule has 0 aliphatic heterocycles. The Morgan fingerprint density at radius 2 is 2.37 bits per heavy atom. The predicted octanol–water partition coefficient (Wildman–Crippen LogP) is 1.68. The lowest BCUT2D eigenvalue weighted by atomic mass is 10.3. The van der Waals surface area contributed by atoms with Gasteiger partial charge in [0.05, 0.1) is 23.5 Å². The maximum Gasteiger partial charge on any atom is 0.341 e. The fraction of sp³-hybridized carbons (Fsp3) is 0.333. The van der Waals surface area contributed by atoms with Gasteiger partial charge >= 0.3 is 5.97 Å². The van der Waals surface area contributed by atoms with Gasteiger partial charge < -0.3 is 4.74 Å². The molecule has 0 amide bonds. The van der Waals surface area contributed by atoms with Crippen molar-refractivity contribution < 1.29 is 9.53 Å². The summed E-state index contributed by atoms with van der Waals surface area (Å²) in [5, 5.41) is 4.95. The van der Waals surface area contributed by atoms with Crippen molar-refractivity contribution in [3.8, 4) is 0 Å². The van der Waals surface area contributed by atoms with Crippen LogP contribution in [0.4, 0.5) is 0 Å². The van der Waals surface area contributed by atoms with Crippen molar-refractivity contribution in [3.05, 3.63) is 36.0 Å². The fourth-order valence-electron chi connectivity index (χ4n) is 1.52. The molecule has 19 heavy (non-hydrogen) atoms. The van der Waals surface area contributed by atoms with Crippen molar-refractivity contribution in [1.82, 2.24) is 19.7 Å². The molecule has 0 unspecified atom stereocenters. The molecule has 2 heterocycles. The third-order valence-electron chi connectivity index (χ3n) is 2.47. The lowest BCUT2D eigenvalue weighted by Crippen LogP contribution is -2.08. The second-order valence-corrected chi connectivity index (χ2v) is 4.68. The number of aromatic nitrogens is 4. The Labute approximate surface area is 115 Å². The van der Waals surface area contributed by atoms with Crippen molar-refractivity contribution in [3.63, 3.8) is 0 Å². The molecule has 0 aliphatic rings. The van der Waals surface area contributed by atoms with Gasteiger partial charge in [-0.05, 0) is 13.0 Å². The zero-order valence-electron chi connectivity index (χ0n) is 10.7. The Morgan fingerprint density at radius 1 is 1.53 bits per heavy atom. The van der Waals surface area contributed by atoms with Gasteiger partial charge in [-0.1, -0.05) is 11.8 Å². The van der Waals surface area contributed by atoms with Crippen molar-refractivity contribution in [2.24, 2.45) is 7.05 Å². The van der Waals surface area contributed by atoms with Crippen LogP contribution in [-0.2, 0) is 17.5 Å². The Morgan fingerprint density at radius 3 is 3.05 bits per heavy atom. The maximum absolute atomic E-state index is 11.8. The van der Waals surface area contributed by atoms with E-state index < -0.39 is 0 Å². The average Bonchev–Trinajstić information content (AvgIpc) is 2.79. The lowest BCUT2D eigenvalue weighted by Gasteiger charge is -2.05. The third kappa shape index (κ3) is 3.31. The highest BCUT2D eigenvalue weighted by Gasteiger charge is 2.17. The van der Waals surface area contributed by atoms with Gasteiger partial charge in [0.2, 0.25) is 0 Å². The summed E-state index contributed by atoms with van der Waals surface area (Å²) in [5.74, 6) is 0.260. The first-order chi connectivity index (χ1) is 9.22. The van der Waals surface area contributed by atoms with Gasteiger partial charge in [0, 0.05) is 19.0 Å². The molecule has 0 spiro atoms. The van der Waals surface area contributed by atoms with Crippen molar-refractivity contribution >= 4 is 17.7 Å². The van der Waals surface area contributed by atoms with E-state index in [4.69, 9.17) is 4.74 Å². The van der Waals surface area contributed by atoms with Crippen LogP contribution in [0.1, 0.15) is 23.0 Å². The molecule has 0 saturated carbocycles. The van der Waals surface area contributed by atoms with Gasteiger partial charge in [-0.15, -0.1) is 0 Å². The number of carbonyl (C=O) groups is 1. The van der Waals surface area contributed by atoms with Crippen LogP contribution in [0.5, 0.6) is 0 Å². The summed E-state index contributed by atoms with van der Waals surface area (Å²) in [6, 6.07) is 1.82. The van der Waals surface area contributed by atoms with Crippen LogP contribution >= 0.6 is 11.8 Å².